The van der Waals surface area contributed by atoms with Crippen molar-refractivity contribution in [2.24, 2.45) is 0 Å². The molecule has 1 atom stereocenters. The van der Waals surface area contributed by atoms with Crippen molar-refractivity contribution in [1.29, 1.82) is 0 Å². The van der Waals surface area contributed by atoms with Crippen molar-refractivity contribution in [3.8, 4) is 11.5 Å². The Labute approximate surface area is 90.6 Å². The molecule has 0 amide bonds. The van der Waals surface area contributed by atoms with E-state index in [4.69, 9.17) is 9.47 Å². The number of ether oxygens (including phenoxy) is 2. The maximum atomic E-state index is 9.69. The molecule has 0 aliphatic carbocycles. The summed E-state index contributed by atoms with van der Waals surface area (Å²) in [5, 5.41) is 9.69. The summed E-state index contributed by atoms with van der Waals surface area (Å²) in [7, 11) is 1.60. The minimum atomic E-state index is -0.435. The first-order chi connectivity index (χ1) is 7.22. The van der Waals surface area contributed by atoms with Crippen LogP contribution in [0.2, 0.25) is 0 Å². The van der Waals surface area contributed by atoms with Crippen molar-refractivity contribution in [3.63, 3.8) is 0 Å². The highest BCUT2D eigenvalue weighted by Crippen LogP contribution is 2.30. The zero-order valence-corrected chi connectivity index (χ0v) is 9.49. The third-order valence-corrected chi connectivity index (χ3v) is 2.26. The standard InChI is InChI=1S/C12H18O3/c1-4-10(13)9-6-7-11(14-3)12(8-9)15-5-2/h6-8,10,13H,4-5H2,1-3H3. The van der Waals surface area contributed by atoms with E-state index in [1.54, 1.807) is 7.11 Å². The van der Waals surface area contributed by atoms with Crippen LogP contribution in [0.1, 0.15) is 31.9 Å². The fourth-order valence-electron chi connectivity index (χ4n) is 1.40. The van der Waals surface area contributed by atoms with E-state index in [1.807, 2.05) is 32.0 Å². The van der Waals surface area contributed by atoms with Gasteiger partial charge in [0.25, 0.3) is 0 Å². The van der Waals surface area contributed by atoms with E-state index >= 15 is 0 Å². The van der Waals surface area contributed by atoms with Gasteiger partial charge < -0.3 is 14.6 Å². The first-order valence-electron chi connectivity index (χ1n) is 5.21. The molecule has 0 saturated carbocycles. The van der Waals surface area contributed by atoms with Crippen LogP contribution >= 0.6 is 0 Å². The lowest BCUT2D eigenvalue weighted by Crippen LogP contribution is -1.99. The Bertz CT molecular complexity index is 310. The Kier molecular flexibility index (Phi) is 4.43. The molecule has 1 unspecified atom stereocenters. The predicted octanol–water partition coefficient (Wildman–Crippen LogP) is 2.54. The molecule has 3 nitrogen and oxygen atoms in total. The average Bonchev–Trinajstić information content (AvgIpc) is 2.28. The molecule has 15 heavy (non-hydrogen) atoms. The molecular formula is C12H18O3. The van der Waals surface area contributed by atoms with Crippen molar-refractivity contribution in [3.05, 3.63) is 23.8 Å². The van der Waals surface area contributed by atoms with E-state index in [0.717, 1.165) is 5.56 Å². The van der Waals surface area contributed by atoms with Gasteiger partial charge in [-0.3, -0.25) is 0 Å². The summed E-state index contributed by atoms with van der Waals surface area (Å²) in [5.74, 6) is 1.38. The highest BCUT2D eigenvalue weighted by atomic mass is 16.5. The van der Waals surface area contributed by atoms with Gasteiger partial charge in [0, 0.05) is 0 Å². The zero-order chi connectivity index (χ0) is 11.3. The van der Waals surface area contributed by atoms with Crippen molar-refractivity contribution in [1.82, 2.24) is 0 Å². The third kappa shape index (κ3) is 2.86. The molecule has 0 aliphatic heterocycles. The van der Waals surface area contributed by atoms with Gasteiger partial charge >= 0.3 is 0 Å². The second-order valence-corrected chi connectivity index (χ2v) is 3.27. The summed E-state index contributed by atoms with van der Waals surface area (Å²) < 4.78 is 10.6. The summed E-state index contributed by atoms with van der Waals surface area (Å²) in [6.45, 7) is 4.44. The fraction of sp³-hybridized carbons (Fsp3) is 0.500. The first-order valence-corrected chi connectivity index (χ1v) is 5.21. The molecule has 0 heterocycles. The normalized spacial score (nSPS) is 12.3. The van der Waals surface area contributed by atoms with E-state index in [-0.39, 0.29) is 0 Å². The summed E-state index contributed by atoms with van der Waals surface area (Å²) in [5.41, 5.74) is 0.863. The highest BCUT2D eigenvalue weighted by molar-refractivity contribution is 5.43. The van der Waals surface area contributed by atoms with Crippen molar-refractivity contribution >= 4 is 0 Å². The molecule has 0 bridgehead atoms. The zero-order valence-electron chi connectivity index (χ0n) is 9.49. The van der Waals surface area contributed by atoms with E-state index in [9.17, 15) is 5.11 Å². The maximum absolute atomic E-state index is 9.69. The minimum absolute atomic E-state index is 0.435. The van der Waals surface area contributed by atoms with Gasteiger partial charge in [-0.15, -0.1) is 0 Å². The van der Waals surface area contributed by atoms with Crippen LogP contribution in [0.5, 0.6) is 11.5 Å². The summed E-state index contributed by atoms with van der Waals surface area (Å²) in [6.07, 6.45) is 0.257. The largest absolute Gasteiger partial charge is 0.493 e. The highest BCUT2D eigenvalue weighted by Gasteiger charge is 2.09. The van der Waals surface area contributed by atoms with E-state index in [2.05, 4.69) is 0 Å². The van der Waals surface area contributed by atoms with Crippen molar-refractivity contribution in [2.75, 3.05) is 13.7 Å². The van der Waals surface area contributed by atoms with Crippen molar-refractivity contribution < 1.29 is 14.6 Å². The van der Waals surface area contributed by atoms with Gasteiger partial charge in [-0.1, -0.05) is 13.0 Å². The summed E-state index contributed by atoms with van der Waals surface area (Å²) in [6, 6.07) is 5.51. The van der Waals surface area contributed by atoms with Crippen LogP contribution in [-0.4, -0.2) is 18.8 Å². The Morgan fingerprint density at radius 1 is 1.27 bits per heavy atom. The van der Waals surface area contributed by atoms with Gasteiger partial charge in [0.2, 0.25) is 0 Å². The van der Waals surface area contributed by atoms with Crippen LogP contribution in [0.4, 0.5) is 0 Å². The SMILES string of the molecule is CCOc1cc(C(O)CC)ccc1OC. The molecule has 0 saturated heterocycles. The van der Waals surface area contributed by atoms with Gasteiger partial charge in [0.15, 0.2) is 11.5 Å². The lowest BCUT2D eigenvalue weighted by molar-refractivity contribution is 0.173. The van der Waals surface area contributed by atoms with Crippen LogP contribution < -0.4 is 9.47 Å². The smallest absolute Gasteiger partial charge is 0.161 e. The lowest BCUT2D eigenvalue weighted by atomic mass is 10.1. The molecule has 1 rings (SSSR count). The molecule has 0 fully saturated rings. The molecule has 0 radical (unpaired) electrons. The third-order valence-electron chi connectivity index (χ3n) is 2.26. The second kappa shape index (κ2) is 5.61. The summed E-state index contributed by atoms with van der Waals surface area (Å²) in [4.78, 5) is 0. The Morgan fingerprint density at radius 3 is 2.53 bits per heavy atom. The Balaban J connectivity index is 2.98. The number of rotatable bonds is 5. The van der Waals surface area contributed by atoms with E-state index < -0.39 is 6.10 Å². The topological polar surface area (TPSA) is 38.7 Å². The quantitative estimate of drug-likeness (QED) is 0.811. The molecule has 3 heteroatoms. The molecule has 1 aromatic rings. The maximum Gasteiger partial charge on any atom is 0.161 e. The Hall–Kier alpha value is -1.22. The van der Waals surface area contributed by atoms with Crippen molar-refractivity contribution in [2.45, 2.75) is 26.4 Å². The van der Waals surface area contributed by atoms with Crippen LogP contribution in [-0.2, 0) is 0 Å². The first kappa shape index (κ1) is 11.9. The van der Waals surface area contributed by atoms with Crippen LogP contribution in [0.3, 0.4) is 0 Å². The van der Waals surface area contributed by atoms with E-state index in [1.165, 1.54) is 0 Å². The Morgan fingerprint density at radius 2 is 2.00 bits per heavy atom. The number of aliphatic hydroxyl groups is 1. The number of hydrogen-bond acceptors (Lipinski definition) is 3. The number of hydrogen-bond donors (Lipinski definition) is 1. The number of benzene rings is 1. The molecule has 0 aromatic heterocycles. The van der Waals surface area contributed by atoms with Gasteiger partial charge in [0.1, 0.15) is 0 Å². The fourth-order valence-corrected chi connectivity index (χ4v) is 1.40. The minimum Gasteiger partial charge on any atom is -0.493 e. The molecule has 84 valence electrons. The van der Waals surface area contributed by atoms with Gasteiger partial charge in [-0.2, -0.15) is 0 Å². The second-order valence-electron chi connectivity index (χ2n) is 3.27. The van der Waals surface area contributed by atoms with Crippen LogP contribution in [0.15, 0.2) is 18.2 Å². The predicted molar refractivity (Wildman–Crippen MR) is 59.4 cm³/mol. The van der Waals surface area contributed by atoms with E-state index in [0.29, 0.717) is 24.5 Å². The average molecular weight is 210 g/mol. The van der Waals surface area contributed by atoms with Gasteiger partial charge in [-0.05, 0) is 31.0 Å². The number of aliphatic hydroxyl groups excluding tert-OH is 1. The summed E-state index contributed by atoms with van der Waals surface area (Å²) >= 11 is 0. The molecular weight excluding hydrogens is 192 g/mol. The molecule has 1 N–H and O–H groups in total. The van der Waals surface area contributed by atoms with Gasteiger partial charge in [-0.25, -0.2) is 0 Å². The lowest BCUT2D eigenvalue weighted by Gasteiger charge is -2.13. The number of methoxy groups -OCH3 is 1. The molecule has 1 aromatic carbocycles. The molecule has 0 aliphatic rings. The monoisotopic (exact) mass is 210 g/mol. The van der Waals surface area contributed by atoms with Crippen LogP contribution in [0.25, 0.3) is 0 Å². The van der Waals surface area contributed by atoms with Gasteiger partial charge in [0.05, 0.1) is 19.8 Å². The molecule has 0 spiro atoms. The van der Waals surface area contributed by atoms with Crippen LogP contribution in [0, 0.1) is 0 Å².